The van der Waals surface area contributed by atoms with Gasteiger partial charge >= 0.3 is 6.03 Å². The number of aromatic nitrogens is 2. The second kappa shape index (κ2) is 7.82. The van der Waals surface area contributed by atoms with Crippen molar-refractivity contribution in [2.24, 2.45) is 5.92 Å². The fourth-order valence-corrected chi connectivity index (χ4v) is 3.32. The lowest BCUT2D eigenvalue weighted by atomic mass is 10.1. The van der Waals surface area contributed by atoms with Crippen LogP contribution in [-0.2, 0) is 11.3 Å². The van der Waals surface area contributed by atoms with Crippen molar-refractivity contribution in [3.05, 3.63) is 42.1 Å². The van der Waals surface area contributed by atoms with Crippen molar-refractivity contribution in [2.45, 2.75) is 40.3 Å². The minimum atomic E-state index is -0.526. The predicted octanol–water partition coefficient (Wildman–Crippen LogP) is 3.12. The highest BCUT2D eigenvalue weighted by Gasteiger charge is 2.35. The van der Waals surface area contributed by atoms with Crippen LogP contribution in [0.2, 0.25) is 0 Å². The van der Waals surface area contributed by atoms with Crippen molar-refractivity contribution in [1.82, 2.24) is 14.7 Å². The third-order valence-corrected chi connectivity index (χ3v) is 4.66. The Morgan fingerprint density at radius 2 is 1.96 bits per heavy atom. The average Bonchev–Trinajstić information content (AvgIpc) is 2.96. The Balaban J connectivity index is 1.71. The molecule has 7 heteroatoms. The van der Waals surface area contributed by atoms with Gasteiger partial charge in [0.05, 0.1) is 5.69 Å². The van der Waals surface area contributed by atoms with Crippen molar-refractivity contribution >= 4 is 23.4 Å². The summed E-state index contributed by atoms with van der Waals surface area (Å²) >= 11 is 0. The number of carbonyl (C=O) groups is 2. The van der Waals surface area contributed by atoms with Gasteiger partial charge in [0.15, 0.2) is 0 Å². The number of hydrogen-bond donors (Lipinski definition) is 1. The van der Waals surface area contributed by atoms with E-state index in [4.69, 9.17) is 0 Å². The number of nitrogens with one attached hydrogen (secondary N) is 1. The molecule has 1 unspecified atom stereocenters. The zero-order chi connectivity index (χ0) is 19.6. The maximum atomic E-state index is 12.8. The summed E-state index contributed by atoms with van der Waals surface area (Å²) in [5, 5.41) is 7.37. The third kappa shape index (κ3) is 4.13. The number of anilines is 2. The van der Waals surface area contributed by atoms with Crippen LogP contribution < -0.4 is 10.2 Å². The molecule has 27 heavy (non-hydrogen) atoms. The molecule has 0 saturated carbocycles. The molecule has 0 aliphatic carbocycles. The SMILES string of the molecule is Cc1cc(NC(=O)N2CCN(c3ccccc3)C(=O)C2C)n(CC(C)C)n1. The maximum Gasteiger partial charge on any atom is 0.323 e. The minimum Gasteiger partial charge on any atom is -0.311 e. The van der Waals surface area contributed by atoms with Crippen LogP contribution in [0, 0.1) is 12.8 Å². The first-order valence-corrected chi connectivity index (χ1v) is 9.35. The smallest absolute Gasteiger partial charge is 0.311 e. The molecule has 3 rings (SSSR count). The summed E-state index contributed by atoms with van der Waals surface area (Å²) in [6.07, 6.45) is 0. The van der Waals surface area contributed by atoms with Crippen molar-refractivity contribution in [3.63, 3.8) is 0 Å². The summed E-state index contributed by atoms with van der Waals surface area (Å²) in [4.78, 5) is 28.9. The fraction of sp³-hybridized carbons (Fsp3) is 0.450. The lowest BCUT2D eigenvalue weighted by Crippen LogP contribution is -2.58. The van der Waals surface area contributed by atoms with E-state index in [-0.39, 0.29) is 11.9 Å². The Morgan fingerprint density at radius 3 is 2.63 bits per heavy atom. The molecule has 1 atom stereocenters. The van der Waals surface area contributed by atoms with Crippen LogP contribution in [0.1, 0.15) is 26.5 Å². The number of nitrogens with zero attached hydrogens (tertiary/aromatic N) is 4. The minimum absolute atomic E-state index is 0.0746. The Hall–Kier alpha value is -2.83. The first-order chi connectivity index (χ1) is 12.9. The van der Waals surface area contributed by atoms with E-state index >= 15 is 0 Å². The second-order valence-corrected chi connectivity index (χ2v) is 7.37. The highest BCUT2D eigenvalue weighted by Crippen LogP contribution is 2.21. The summed E-state index contributed by atoms with van der Waals surface area (Å²) in [5.74, 6) is 1.00. The number of rotatable bonds is 4. The van der Waals surface area contributed by atoms with E-state index in [2.05, 4.69) is 24.3 Å². The summed E-state index contributed by atoms with van der Waals surface area (Å²) in [7, 11) is 0. The van der Waals surface area contributed by atoms with Gasteiger partial charge in [-0.25, -0.2) is 9.48 Å². The molecular formula is C20H27N5O2. The largest absolute Gasteiger partial charge is 0.323 e. The molecule has 1 aromatic heterocycles. The molecule has 7 nitrogen and oxygen atoms in total. The van der Waals surface area contributed by atoms with Crippen LogP contribution in [0.4, 0.5) is 16.3 Å². The molecule has 1 aliphatic heterocycles. The van der Waals surface area contributed by atoms with Gasteiger partial charge in [-0.05, 0) is 31.9 Å². The fourth-order valence-electron chi connectivity index (χ4n) is 3.32. The van der Waals surface area contributed by atoms with Gasteiger partial charge in [0.25, 0.3) is 0 Å². The van der Waals surface area contributed by atoms with Gasteiger partial charge in [-0.2, -0.15) is 5.10 Å². The first-order valence-electron chi connectivity index (χ1n) is 9.35. The molecule has 0 radical (unpaired) electrons. The monoisotopic (exact) mass is 369 g/mol. The number of carbonyl (C=O) groups excluding carboxylic acids is 2. The van der Waals surface area contributed by atoms with E-state index in [0.717, 1.165) is 17.9 Å². The van der Waals surface area contributed by atoms with E-state index in [1.807, 2.05) is 48.0 Å². The number of hydrogen-bond acceptors (Lipinski definition) is 3. The molecule has 2 heterocycles. The molecule has 144 valence electrons. The molecule has 0 spiro atoms. The first kappa shape index (κ1) is 18.9. The predicted molar refractivity (Wildman–Crippen MR) is 106 cm³/mol. The van der Waals surface area contributed by atoms with Crippen molar-refractivity contribution in [3.8, 4) is 0 Å². The quantitative estimate of drug-likeness (QED) is 0.900. The molecule has 1 N–H and O–H groups in total. The number of urea groups is 1. The molecular weight excluding hydrogens is 342 g/mol. The Bertz CT molecular complexity index is 815. The van der Waals surface area contributed by atoms with Gasteiger partial charge in [0.1, 0.15) is 11.9 Å². The number of benzene rings is 1. The van der Waals surface area contributed by atoms with E-state index < -0.39 is 6.04 Å². The number of aryl methyl sites for hydroxylation is 1. The van der Waals surface area contributed by atoms with Crippen LogP contribution in [0.5, 0.6) is 0 Å². The Kier molecular flexibility index (Phi) is 5.48. The van der Waals surface area contributed by atoms with Crippen LogP contribution in [0.25, 0.3) is 0 Å². The van der Waals surface area contributed by atoms with E-state index in [1.165, 1.54) is 0 Å². The zero-order valence-electron chi connectivity index (χ0n) is 16.3. The maximum absolute atomic E-state index is 12.8. The number of amides is 3. The van der Waals surface area contributed by atoms with Crippen molar-refractivity contribution in [1.29, 1.82) is 0 Å². The van der Waals surface area contributed by atoms with E-state index in [0.29, 0.717) is 24.8 Å². The van der Waals surface area contributed by atoms with Gasteiger partial charge < -0.3 is 9.80 Å². The normalized spacial score (nSPS) is 17.5. The summed E-state index contributed by atoms with van der Waals surface area (Å²) in [5.41, 5.74) is 1.71. The lowest BCUT2D eigenvalue weighted by molar-refractivity contribution is -0.123. The molecule has 1 aromatic carbocycles. The van der Waals surface area contributed by atoms with E-state index in [1.54, 1.807) is 16.7 Å². The van der Waals surface area contributed by atoms with Crippen LogP contribution in [-0.4, -0.2) is 45.8 Å². The molecule has 0 bridgehead atoms. The highest BCUT2D eigenvalue weighted by atomic mass is 16.2. The summed E-state index contributed by atoms with van der Waals surface area (Å²) in [6, 6.07) is 10.6. The van der Waals surface area contributed by atoms with Crippen molar-refractivity contribution < 1.29 is 9.59 Å². The standard InChI is InChI=1S/C20H27N5O2/c1-14(2)13-25-18(12-15(3)22-25)21-20(27)23-10-11-24(19(26)16(23)4)17-8-6-5-7-9-17/h5-9,12,14,16H,10-11,13H2,1-4H3,(H,21,27). The molecule has 2 aromatic rings. The number of piperazine rings is 1. The van der Waals surface area contributed by atoms with Crippen LogP contribution in [0.15, 0.2) is 36.4 Å². The highest BCUT2D eigenvalue weighted by molar-refractivity contribution is 6.01. The van der Waals surface area contributed by atoms with Crippen molar-refractivity contribution in [2.75, 3.05) is 23.3 Å². The van der Waals surface area contributed by atoms with Gasteiger partial charge in [0.2, 0.25) is 5.91 Å². The summed E-state index contributed by atoms with van der Waals surface area (Å²) < 4.78 is 1.81. The van der Waals surface area contributed by atoms with Gasteiger partial charge in [-0.1, -0.05) is 32.0 Å². The Morgan fingerprint density at radius 1 is 1.26 bits per heavy atom. The molecule has 3 amide bonds. The number of para-hydroxylation sites is 1. The molecule has 1 saturated heterocycles. The van der Waals surface area contributed by atoms with Crippen LogP contribution >= 0.6 is 0 Å². The van der Waals surface area contributed by atoms with E-state index in [9.17, 15) is 9.59 Å². The van der Waals surface area contributed by atoms with Gasteiger partial charge in [0, 0.05) is 31.4 Å². The summed E-state index contributed by atoms with van der Waals surface area (Å²) in [6.45, 7) is 9.55. The van der Waals surface area contributed by atoms with Gasteiger partial charge in [-0.15, -0.1) is 0 Å². The topological polar surface area (TPSA) is 70.5 Å². The zero-order valence-corrected chi connectivity index (χ0v) is 16.3. The average molecular weight is 369 g/mol. The van der Waals surface area contributed by atoms with Gasteiger partial charge in [-0.3, -0.25) is 10.1 Å². The lowest BCUT2D eigenvalue weighted by Gasteiger charge is -2.39. The third-order valence-electron chi connectivity index (χ3n) is 4.66. The molecule has 1 fully saturated rings. The molecule has 1 aliphatic rings. The Labute approximate surface area is 159 Å². The van der Waals surface area contributed by atoms with Crippen LogP contribution in [0.3, 0.4) is 0 Å². The second-order valence-electron chi connectivity index (χ2n) is 7.37.